The molecule has 0 aliphatic rings. The van der Waals surface area contributed by atoms with Crippen molar-refractivity contribution >= 4 is 51.9 Å². The maximum atomic E-state index is 13.3. The normalized spacial score (nSPS) is 10.6. The van der Waals surface area contributed by atoms with E-state index in [0.717, 1.165) is 11.3 Å². The van der Waals surface area contributed by atoms with Crippen LogP contribution in [-0.2, 0) is 0 Å². The third-order valence-corrected chi connectivity index (χ3v) is 3.48. The molecule has 2 nitrogen and oxygen atoms in total. The minimum absolute atomic E-state index is 0.0470. The van der Waals surface area contributed by atoms with Gasteiger partial charge in [0.15, 0.2) is 5.82 Å². The van der Waals surface area contributed by atoms with Gasteiger partial charge in [-0.05, 0) is 36.8 Å². The molecule has 0 aromatic heterocycles. The van der Waals surface area contributed by atoms with Crippen LogP contribution in [0.5, 0.6) is 0 Å². The molecule has 2 aromatic rings. The highest BCUT2D eigenvalue weighted by molar-refractivity contribution is 6.35. The highest BCUT2D eigenvalue weighted by Gasteiger charge is 2.09. The first-order valence-corrected chi connectivity index (χ1v) is 6.49. The van der Waals surface area contributed by atoms with Crippen molar-refractivity contribution in [2.24, 2.45) is 0 Å². The molecule has 0 radical (unpaired) electrons. The van der Waals surface area contributed by atoms with Crippen LogP contribution in [0.3, 0.4) is 0 Å². The zero-order valence-electron chi connectivity index (χ0n) is 9.90. The third-order valence-electron chi connectivity index (χ3n) is 2.61. The van der Waals surface area contributed by atoms with Crippen LogP contribution in [0.4, 0.5) is 21.5 Å². The van der Waals surface area contributed by atoms with Gasteiger partial charge < -0.3 is 11.1 Å². The molecule has 0 saturated heterocycles. The van der Waals surface area contributed by atoms with Crippen molar-refractivity contribution in [2.75, 3.05) is 11.1 Å². The third kappa shape index (κ3) is 3.06. The van der Waals surface area contributed by atoms with Gasteiger partial charge in [0.05, 0.1) is 20.8 Å². The molecule has 2 rings (SSSR count). The number of nitrogen functional groups attached to an aromatic ring is 1. The smallest absolute Gasteiger partial charge is 0.160 e. The molecule has 0 spiro atoms. The summed E-state index contributed by atoms with van der Waals surface area (Å²) in [6, 6.07) is 6.34. The summed E-state index contributed by atoms with van der Waals surface area (Å²) in [4.78, 5) is 0. The first-order valence-electron chi connectivity index (χ1n) is 5.35. The molecule has 100 valence electrons. The van der Waals surface area contributed by atoms with Crippen molar-refractivity contribution in [3.63, 3.8) is 0 Å². The summed E-state index contributed by atoms with van der Waals surface area (Å²) in [7, 11) is 0. The summed E-state index contributed by atoms with van der Waals surface area (Å²) >= 11 is 17.4. The first kappa shape index (κ1) is 14.3. The second-order valence-corrected chi connectivity index (χ2v) is 5.29. The zero-order chi connectivity index (χ0) is 14.2. The van der Waals surface area contributed by atoms with Crippen LogP contribution in [0.15, 0.2) is 24.3 Å². The van der Waals surface area contributed by atoms with Crippen molar-refractivity contribution in [2.45, 2.75) is 6.92 Å². The largest absolute Gasteiger partial charge is 0.398 e. The summed E-state index contributed by atoms with van der Waals surface area (Å²) in [5, 5.41) is 3.42. The summed E-state index contributed by atoms with van der Waals surface area (Å²) in [5.74, 6) is -0.638. The van der Waals surface area contributed by atoms with E-state index in [9.17, 15) is 4.39 Å². The number of rotatable bonds is 2. The van der Waals surface area contributed by atoms with Crippen molar-refractivity contribution in [1.29, 1.82) is 0 Å². The predicted octanol–water partition coefficient (Wildman–Crippen LogP) is 5.42. The average molecular weight is 320 g/mol. The lowest BCUT2D eigenvalue weighted by molar-refractivity contribution is 0.629. The predicted molar refractivity (Wildman–Crippen MR) is 80.3 cm³/mol. The number of hydrogen-bond donors (Lipinski definition) is 2. The Labute approximate surface area is 125 Å². The molecular formula is C13H10Cl3FN2. The Balaban J connectivity index is 2.39. The van der Waals surface area contributed by atoms with E-state index in [1.165, 1.54) is 12.1 Å². The topological polar surface area (TPSA) is 38.0 Å². The van der Waals surface area contributed by atoms with Gasteiger partial charge in [0.2, 0.25) is 0 Å². The van der Waals surface area contributed by atoms with E-state index in [0.29, 0.717) is 16.4 Å². The maximum absolute atomic E-state index is 13.3. The minimum Gasteiger partial charge on any atom is -0.398 e. The van der Waals surface area contributed by atoms with Gasteiger partial charge in [-0.2, -0.15) is 0 Å². The van der Waals surface area contributed by atoms with E-state index in [1.54, 1.807) is 12.1 Å². The number of halogens is 4. The van der Waals surface area contributed by atoms with Crippen molar-refractivity contribution in [3.05, 3.63) is 50.7 Å². The van der Waals surface area contributed by atoms with Gasteiger partial charge in [-0.15, -0.1) is 0 Å². The Bertz CT molecular complexity index is 621. The summed E-state index contributed by atoms with van der Waals surface area (Å²) in [5.41, 5.74) is 8.42. The van der Waals surface area contributed by atoms with Gasteiger partial charge in [0, 0.05) is 11.4 Å². The molecule has 0 unspecified atom stereocenters. The fraction of sp³-hybridized carbons (Fsp3) is 0.0769. The molecule has 19 heavy (non-hydrogen) atoms. The lowest BCUT2D eigenvalue weighted by Crippen LogP contribution is -1.96. The van der Waals surface area contributed by atoms with Crippen LogP contribution in [0, 0.1) is 12.7 Å². The summed E-state index contributed by atoms with van der Waals surface area (Å²) in [6.45, 7) is 1.88. The molecule has 0 fully saturated rings. The van der Waals surface area contributed by atoms with Gasteiger partial charge in [-0.25, -0.2) is 4.39 Å². The molecule has 0 aliphatic carbocycles. The molecule has 2 aromatic carbocycles. The molecular weight excluding hydrogens is 310 g/mol. The van der Waals surface area contributed by atoms with E-state index < -0.39 is 5.82 Å². The van der Waals surface area contributed by atoms with Gasteiger partial charge >= 0.3 is 0 Å². The monoisotopic (exact) mass is 318 g/mol. The van der Waals surface area contributed by atoms with E-state index >= 15 is 0 Å². The van der Waals surface area contributed by atoms with Crippen LogP contribution in [-0.4, -0.2) is 0 Å². The van der Waals surface area contributed by atoms with Crippen LogP contribution < -0.4 is 11.1 Å². The Morgan fingerprint density at radius 2 is 1.58 bits per heavy atom. The highest BCUT2D eigenvalue weighted by atomic mass is 35.5. The highest BCUT2D eigenvalue weighted by Crippen LogP contribution is 2.32. The maximum Gasteiger partial charge on any atom is 0.160 e. The van der Waals surface area contributed by atoms with Crippen molar-refractivity contribution < 1.29 is 4.39 Å². The summed E-state index contributed by atoms with van der Waals surface area (Å²) in [6.07, 6.45) is 0. The minimum atomic E-state index is -0.638. The standard InChI is InChI=1S/C13H10Cl3FN2/c1-6-2-11(18)8(14)5-12(6)19-7-3-9(15)13(17)10(16)4-7/h2-5,19H,18H2,1H3. The molecule has 6 heteroatoms. The van der Waals surface area contributed by atoms with Gasteiger partial charge in [0.25, 0.3) is 0 Å². The number of nitrogens with two attached hydrogens (primary N) is 1. The SMILES string of the molecule is Cc1cc(N)c(Cl)cc1Nc1cc(Cl)c(F)c(Cl)c1. The molecule has 0 heterocycles. The molecule has 0 atom stereocenters. The zero-order valence-corrected chi connectivity index (χ0v) is 12.2. The van der Waals surface area contributed by atoms with Crippen LogP contribution in [0.2, 0.25) is 15.1 Å². The van der Waals surface area contributed by atoms with E-state index in [2.05, 4.69) is 5.32 Å². The van der Waals surface area contributed by atoms with Crippen molar-refractivity contribution in [3.8, 4) is 0 Å². The Kier molecular flexibility index (Phi) is 4.09. The second kappa shape index (κ2) is 5.45. The number of benzene rings is 2. The lowest BCUT2D eigenvalue weighted by Gasteiger charge is -2.12. The fourth-order valence-electron chi connectivity index (χ4n) is 1.62. The molecule has 0 bridgehead atoms. The van der Waals surface area contributed by atoms with Crippen LogP contribution in [0.1, 0.15) is 5.56 Å². The molecule has 0 aliphatic heterocycles. The van der Waals surface area contributed by atoms with E-state index in [4.69, 9.17) is 40.5 Å². The Morgan fingerprint density at radius 1 is 1.00 bits per heavy atom. The fourth-order valence-corrected chi connectivity index (χ4v) is 2.27. The number of hydrogen-bond acceptors (Lipinski definition) is 2. The van der Waals surface area contributed by atoms with Crippen LogP contribution in [0.25, 0.3) is 0 Å². The number of anilines is 3. The van der Waals surface area contributed by atoms with Gasteiger partial charge in [-0.3, -0.25) is 0 Å². The Morgan fingerprint density at radius 3 is 2.16 bits per heavy atom. The van der Waals surface area contributed by atoms with E-state index in [-0.39, 0.29) is 10.0 Å². The van der Waals surface area contributed by atoms with Crippen LogP contribution >= 0.6 is 34.8 Å². The lowest BCUT2D eigenvalue weighted by atomic mass is 10.1. The molecule has 0 saturated carbocycles. The first-order chi connectivity index (χ1) is 8.88. The molecule has 3 N–H and O–H groups in total. The van der Waals surface area contributed by atoms with Crippen molar-refractivity contribution in [1.82, 2.24) is 0 Å². The number of aryl methyl sites for hydroxylation is 1. The average Bonchev–Trinajstić information content (AvgIpc) is 2.33. The van der Waals surface area contributed by atoms with E-state index in [1.807, 2.05) is 6.92 Å². The number of nitrogens with one attached hydrogen (secondary N) is 1. The Hall–Kier alpha value is -1.16. The van der Waals surface area contributed by atoms with Gasteiger partial charge in [-0.1, -0.05) is 34.8 Å². The summed E-state index contributed by atoms with van der Waals surface area (Å²) < 4.78 is 13.3. The molecule has 0 amide bonds. The second-order valence-electron chi connectivity index (χ2n) is 4.07. The van der Waals surface area contributed by atoms with Gasteiger partial charge in [0.1, 0.15) is 0 Å². The quantitative estimate of drug-likeness (QED) is 0.573.